The van der Waals surface area contributed by atoms with E-state index in [1.54, 1.807) is 12.1 Å². The van der Waals surface area contributed by atoms with Gasteiger partial charge in [0.2, 0.25) is 0 Å². The quantitative estimate of drug-likeness (QED) is 0.252. The summed E-state index contributed by atoms with van der Waals surface area (Å²) in [6.07, 6.45) is 12.3. The first-order valence-corrected chi connectivity index (χ1v) is 11.4. The van der Waals surface area contributed by atoms with Gasteiger partial charge in [-0.3, -0.25) is 4.79 Å². The molecule has 0 saturated heterocycles. The Morgan fingerprint density at radius 2 is 1.41 bits per heavy atom. The highest BCUT2D eigenvalue weighted by atomic mass is 35.6. The summed E-state index contributed by atoms with van der Waals surface area (Å²) in [5, 5.41) is 19.9. The molecule has 3 nitrogen and oxygen atoms in total. The van der Waals surface area contributed by atoms with E-state index >= 15 is 0 Å². The second-order valence-corrected chi connectivity index (χ2v) is 9.30. The summed E-state index contributed by atoms with van der Waals surface area (Å²) in [7, 11) is 0. The predicted octanol–water partition coefficient (Wildman–Crippen LogP) is 6.98. The van der Waals surface area contributed by atoms with Crippen LogP contribution in [0.1, 0.15) is 27.0 Å². The first-order chi connectivity index (χ1) is 16.4. The van der Waals surface area contributed by atoms with Crippen molar-refractivity contribution in [2.75, 3.05) is 0 Å². The number of nitrogens with zero attached hydrogens (tertiary/aromatic N) is 2. The summed E-state index contributed by atoms with van der Waals surface area (Å²) in [6.45, 7) is 0. The van der Waals surface area contributed by atoms with Crippen LogP contribution in [0.25, 0.3) is 5.57 Å². The van der Waals surface area contributed by atoms with Crippen molar-refractivity contribution in [2.24, 2.45) is 11.3 Å². The second-order valence-electron chi connectivity index (χ2n) is 7.32. The summed E-state index contributed by atoms with van der Waals surface area (Å²) in [4.78, 5) is 10.7. The lowest BCUT2D eigenvalue weighted by Gasteiger charge is -2.23. The summed E-state index contributed by atoms with van der Waals surface area (Å²) >= 11 is 14.4. The van der Waals surface area contributed by atoms with E-state index in [1.807, 2.05) is 72.9 Å². The SMILES string of the molecule is ClC(Cl)Cl.N#CC1(C#N)C(c2ccc(C#Cc3ccc(C=O)cc3)cc2)=CC2=CC=CC=C[C@H]21. The maximum absolute atomic E-state index is 10.7. The lowest BCUT2D eigenvalue weighted by Crippen LogP contribution is -2.24. The molecular formula is C28H17Cl3N2O. The average Bonchev–Trinajstić information content (AvgIpc) is 2.97. The first kappa shape index (κ1) is 25.1. The highest BCUT2D eigenvalue weighted by molar-refractivity contribution is 6.63. The Kier molecular flexibility index (Phi) is 8.54. The van der Waals surface area contributed by atoms with E-state index in [0.717, 1.165) is 28.5 Å². The number of hydrogen-bond donors (Lipinski definition) is 0. The second kappa shape index (κ2) is 11.6. The number of rotatable bonds is 2. The highest BCUT2D eigenvalue weighted by Gasteiger charge is 2.48. The van der Waals surface area contributed by atoms with Crippen molar-refractivity contribution in [1.29, 1.82) is 10.5 Å². The molecule has 0 fully saturated rings. The number of alkyl halides is 3. The molecule has 2 aliphatic rings. The molecule has 0 saturated carbocycles. The fourth-order valence-corrected chi connectivity index (χ4v) is 3.72. The van der Waals surface area contributed by atoms with Gasteiger partial charge in [-0.1, -0.05) is 107 Å². The lowest BCUT2D eigenvalue weighted by atomic mass is 9.73. The summed E-state index contributed by atoms with van der Waals surface area (Å²) in [6, 6.07) is 19.2. The standard InChI is InChI=1S/C27H16N2O.CHCl3/c28-18-27(19-29)25-5-3-1-2-4-24(25)16-26(27)23-14-12-21(13-15-23)7-6-20-8-10-22(17-30)11-9-20;2-1(3)4/h1-5,8-17,25H;1H/t25-;/m1./s1. The van der Waals surface area contributed by atoms with E-state index in [0.29, 0.717) is 11.1 Å². The van der Waals surface area contributed by atoms with Crippen LogP contribution in [0.4, 0.5) is 0 Å². The Labute approximate surface area is 213 Å². The number of allylic oxidation sites excluding steroid dienone is 8. The molecule has 0 amide bonds. The zero-order valence-corrected chi connectivity index (χ0v) is 20.0. The van der Waals surface area contributed by atoms with Gasteiger partial charge < -0.3 is 0 Å². The molecule has 0 radical (unpaired) electrons. The van der Waals surface area contributed by atoms with Crippen molar-refractivity contribution in [3.63, 3.8) is 0 Å². The highest BCUT2D eigenvalue weighted by Crippen LogP contribution is 2.51. The van der Waals surface area contributed by atoms with Gasteiger partial charge in [0.25, 0.3) is 0 Å². The number of benzene rings is 2. The van der Waals surface area contributed by atoms with Gasteiger partial charge in [-0.25, -0.2) is 0 Å². The predicted molar refractivity (Wildman–Crippen MR) is 137 cm³/mol. The van der Waals surface area contributed by atoms with Crippen molar-refractivity contribution in [2.45, 2.75) is 4.30 Å². The van der Waals surface area contributed by atoms with Crippen LogP contribution in [0, 0.1) is 45.8 Å². The molecule has 0 spiro atoms. The minimum absolute atomic E-state index is 0.286. The van der Waals surface area contributed by atoms with Crippen molar-refractivity contribution >= 4 is 46.7 Å². The fraction of sp³-hybridized carbons (Fsp3) is 0.107. The normalized spacial score (nSPS) is 16.8. The van der Waals surface area contributed by atoms with Gasteiger partial charge in [-0.05, 0) is 41.0 Å². The van der Waals surface area contributed by atoms with Crippen LogP contribution >= 0.6 is 34.8 Å². The van der Waals surface area contributed by atoms with Crippen molar-refractivity contribution in [1.82, 2.24) is 0 Å². The van der Waals surface area contributed by atoms with Crippen molar-refractivity contribution in [3.05, 3.63) is 113 Å². The van der Waals surface area contributed by atoms with Gasteiger partial charge in [0.15, 0.2) is 9.71 Å². The van der Waals surface area contributed by atoms with E-state index in [4.69, 9.17) is 34.8 Å². The number of hydrogen-bond acceptors (Lipinski definition) is 3. The van der Waals surface area contributed by atoms with Crippen LogP contribution < -0.4 is 0 Å². The number of carbonyl (C=O) groups excluding carboxylic acids is 1. The number of fused-ring (bicyclic) bond motifs is 1. The molecule has 166 valence electrons. The van der Waals surface area contributed by atoms with E-state index in [1.165, 1.54) is 0 Å². The summed E-state index contributed by atoms with van der Waals surface area (Å²) in [5.41, 5.74) is 3.53. The molecule has 2 aromatic rings. The minimum atomic E-state index is -1.25. The van der Waals surface area contributed by atoms with Gasteiger partial charge in [0.1, 0.15) is 6.29 Å². The van der Waals surface area contributed by atoms with Gasteiger partial charge in [0.05, 0.1) is 12.1 Å². The summed E-state index contributed by atoms with van der Waals surface area (Å²) in [5.74, 6) is 5.89. The van der Waals surface area contributed by atoms with Gasteiger partial charge in [-0.15, -0.1) is 0 Å². The molecule has 6 heteroatoms. The summed E-state index contributed by atoms with van der Waals surface area (Å²) < 4.78 is -0.750. The van der Waals surface area contributed by atoms with Gasteiger partial charge in [-0.2, -0.15) is 10.5 Å². The molecule has 0 heterocycles. The number of nitriles is 2. The van der Waals surface area contributed by atoms with Crippen molar-refractivity contribution in [3.8, 4) is 24.0 Å². The zero-order valence-electron chi connectivity index (χ0n) is 17.8. The van der Waals surface area contributed by atoms with Crippen LogP contribution in [0.15, 0.2) is 90.6 Å². The Hall–Kier alpha value is -3.52. The Bertz CT molecular complexity index is 1310. The number of aldehydes is 1. The first-order valence-electron chi connectivity index (χ1n) is 10.1. The van der Waals surface area contributed by atoms with Gasteiger partial charge in [0, 0.05) is 22.6 Å². The molecular weight excluding hydrogens is 487 g/mol. The molecule has 0 N–H and O–H groups in total. The van der Waals surface area contributed by atoms with Crippen LogP contribution in [0.2, 0.25) is 0 Å². The van der Waals surface area contributed by atoms with Crippen LogP contribution in [0.5, 0.6) is 0 Å². The van der Waals surface area contributed by atoms with E-state index in [-0.39, 0.29) is 5.92 Å². The van der Waals surface area contributed by atoms with Crippen LogP contribution in [-0.4, -0.2) is 10.6 Å². The monoisotopic (exact) mass is 502 g/mol. The fourth-order valence-electron chi connectivity index (χ4n) is 3.72. The zero-order chi connectivity index (χ0) is 24.6. The Morgan fingerprint density at radius 1 is 0.853 bits per heavy atom. The third kappa shape index (κ3) is 5.69. The van der Waals surface area contributed by atoms with Crippen LogP contribution in [-0.2, 0) is 0 Å². The lowest BCUT2D eigenvalue weighted by molar-refractivity contribution is 0.112. The molecule has 1 atom stereocenters. The maximum Gasteiger partial charge on any atom is 0.180 e. The third-order valence-electron chi connectivity index (χ3n) is 5.32. The molecule has 2 aliphatic carbocycles. The van der Waals surface area contributed by atoms with Crippen LogP contribution in [0.3, 0.4) is 0 Å². The molecule has 0 bridgehead atoms. The maximum atomic E-state index is 10.7. The molecule has 4 rings (SSSR count). The Morgan fingerprint density at radius 3 is 1.94 bits per heavy atom. The van der Waals surface area contributed by atoms with Gasteiger partial charge >= 0.3 is 0 Å². The Balaban J connectivity index is 0.000000751. The van der Waals surface area contributed by atoms with E-state index in [9.17, 15) is 15.3 Å². The molecule has 2 aromatic carbocycles. The topological polar surface area (TPSA) is 64.7 Å². The smallest absolute Gasteiger partial charge is 0.180 e. The minimum Gasteiger partial charge on any atom is -0.298 e. The average molecular weight is 504 g/mol. The molecule has 0 unspecified atom stereocenters. The number of halogens is 3. The molecule has 0 aliphatic heterocycles. The molecule has 34 heavy (non-hydrogen) atoms. The van der Waals surface area contributed by atoms with E-state index in [2.05, 4.69) is 24.0 Å². The molecule has 0 aromatic heterocycles. The van der Waals surface area contributed by atoms with E-state index < -0.39 is 9.71 Å². The third-order valence-corrected chi connectivity index (χ3v) is 5.32. The largest absolute Gasteiger partial charge is 0.298 e. The number of carbonyl (C=O) groups is 1. The van der Waals surface area contributed by atoms with Crippen molar-refractivity contribution < 1.29 is 4.79 Å².